The third-order valence-corrected chi connectivity index (χ3v) is 6.27. The van der Waals surface area contributed by atoms with Crippen LogP contribution in [0.5, 0.6) is 0 Å². The number of hydrogen-bond acceptors (Lipinski definition) is 2. The molecule has 1 aliphatic rings. The first kappa shape index (κ1) is 19.2. The molecule has 138 valence electrons. The van der Waals surface area contributed by atoms with E-state index in [-0.39, 0.29) is 0 Å². The van der Waals surface area contributed by atoms with Crippen LogP contribution in [0, 0.1) is 6.92 Å². The average Bonchev–Trinajstić information content (AvgIpc) is 2.68. The van der Waals surface area contributed by atoms with Gasteiger partial charge in [-0.05, 0) is 36.8 Å². The van der Waals surface area contributed by atoms with Crippen molar-refractivity contribution in [1.82, 2.24) is 10.2 Å². The van der Waals surface area contributed by atoms with Gasteiger partial charge in [0.1, 0.15) is 6.54 Å². The highest BCUT2D eigenvalue weighted by Gasteiger charge is 2.21. The molecule has 1 heterocycles. The zero-order valence-electron chi connectivity index (χ0n) is 15.4. The summed E-state index contributed by atoms with van der Waals surface area (Å²) in [4.78, 5) is 5.29. The van der Waals surface area contributed by atoms with Crippen molar-refractivity contribution in [2.75, 3.05) is 38.5 Å². The number of nitrogens with one attached hydrogen (secondary N) is 2. The summed E-state index contributed by atoms with van der Waals surface area (Å²) in [6.45, 7) is 8.61. The van der Waals surface area contributed by atoms with E-state index < -0.39 is 0 Å². The Balaban J connectivity index is 1.35. The lowest BCUT2D eigenvalue weighted by Gasteiger charge is -2.34. The minimum absolute atomic E-state index is 0.911. The third kappa shape index (κ3) is 5.73. The van der Waals surface area contributed by atoms with Crippen LogP contribution < -0.4 is 10.2 Å². The molecule has 0 unspecified atom stereocenters. The Morgan fingerprint density at radius 1 is 1.08 bits per heavy atom. The second-order valence-corrected chi connectivity index (χ2v) is 8.29. The first-order valence-electron chi connectivity index (χ1n) is 9.31. The summed E-state index contributed by atoms with van der Waals surface area (Å²) in [5.41, 5.74) is 2.87. The van der Waals surface area contributed by atoms with Gasteiger partial charge in [-0.25, -0.2) is 0 Å². The van der Waals surface area contributed by atoms with Gasteiger partial charge in [0, 0.05) is 22.8 Å². The summed E-state index contributed by atoms with van der Waals surface area (Å²) in [5, 5.41) is 4.33. The minimum atomic E-state index is 0.911. The van der Waals surface area contributed by atoms with Crippen LogP contribution in [0.1, 0.15) is 11.1 Å². The number of hydrogen-bond donors (Lipinski definition) is 2. The van der Waals surface area contributed by atoms with E-state index in [2.05, 4.69) is 71.7 Å². The van der Waals surface area contributed by atoms with Crippen molar-refractivity contribution >= 4 is 29.1 Å². The molecule has 0 saturated carbocycles. The Kier molecular flexibility index (Phi) is 7.35. The molecular formula is C21H28N3S2+. The predicted octanol–water partition coefficient (Wildman–Crippen LogP) is 2.36. The zero-order valence-corrected chi connectivity index (χ0v) is 17.0. The van der Waals surface area contributed by atoms with Gasteiger partial charge < -0.3 is 15.1 Å². The van der Waals surface area contributed by atoms with Crippen LogP contribution in [0.15, 0.2) is 59.5 Å². The molecule has 0 atom stereocenters. The molecule has 0 amide bonds. The van der Waals surface area contributed by atoms with Gasteiger partial charge in [0.25, 0.3) is 0 Å². The number of thiocarbonyl (C=S) groups is 1. The fraction of sp³-hybridized carbons (Fsp3) is 0.381. The number of aryl methyl sites for hydroxylation is 1. The van der Waals surface area contributed by atoms with Crippen LogP contribution in [0.4, 0.5) is 0 Å². The molecule has 3 nitrogen and oxygen atoms in total. The maximum absolute atomic E-state index is 5.59. The molecule has 5 heteroatoms. The Morgan fingerprint density at radius 3 is 2.50 bits per heavy atom. The van der Waals surface area contributed by atoms with E-state index in [1.807, 2.05) is 11.8 Å². The molecule has 26 heavy (non-hydrogen) atoms. The van der Waals surface area contributed by atoms with E-state index in [1.54, 1.807) is 4.90 Å². The van der Waals surface area contributed by atoms with E-state index in [1.165, 1.54) is 16.0 Å². The Labute approximate surface area is 166 Å². The Morgan fingerprint density at radius 2 is 1.77 bits per heavy atom. The molecule has 2 aromatic rings. The third-order valence-electron chi connectivity index (χ3n) is 4.85. The zero-order chi connectivity index (χ0) is 18.2. The standard InChI is InChI=1S/C21H27N3S2/c1-18-7-5-6-8-19(18)17-23-12-14-24(15-13-23)21(25)22-11-16-26-20-9-3-2-4-10-20/h2-10H,11-17H2,1H3,(H,22,25)/p+1. The lowest BCUT2D eigenvalue weighted by atomic mass is 10.1. The van der Waals surface area contributed by atoms with Crippen LogP contribution in [0.2, 0.25) is 0 Å². The fourth-order valence-corrected chi connectivity index (χ4v) is 4.31. The second-order valence-electron chi connectivity index (χ2n) is 6.73. The summed E-state index contributed by atoms with van der Waals surface area (Å²) in [6.07, 6.45) is 0. The summed E-state index contributed by atoms with van der Waals surface area (Å²) < 4.78 is 0. The monoisotopic (exact) mass is 386 g/mol. The van der Waals surface area contributed by atoms with Crippen LogP contribution in [-0.4, -0.2) is 48.5 Å². The number of benzene rings is 2. The molecule has 1 saturated heterocycles. The Hall–Kier alpha value is -1.56. The quantitative estimate of drug-likeness (QED) is 0.451. The summed E-state index contributed by atoms with van der Waals surface area (Å²) in [5.74, 6) is 1.03. The van der Waals surface area contributed by atoms with Crippen LogP contribution in [0.25, 0.3) is 0 Å². The van der Waals surface area contributed by atoms with Gasteiger partial charge in [-0.3, -0.25) is 0 Å². The lowest BCUT2D eigenvalue weighted by molar-refractivity contribution is -0.917. The first-order chi connectivity index (χ1) is 12.7. The molecule has 2 aromatic carbocycles. The summed E-state index contributed by atoms with van der Waals surface area (Å²) in [6, 6.07) is 19.2. The van der Waals surface area contributed by atoms with Crippen molar-refractivity contribution in [3.8, 4) is 0 Å². The molecule has 0 aliphatic carbocycles. The normalized spacial score (nSPS) is 15.0. The predicted molar refractivity (Wildman–Crippen MR) is 115 cm³/mol. The van der Waals surface area contributed by atoms with Gasteiger partial charge >= 0.3 is 0 Å². The topological polar surface area (TPSA) is 19.7 Å². The molecule has 0 aromatic heterocycles. The molecule has 0 spiro atoms. The molecule has 0 radical (unpaired) electrons. The molecule has 1 aliphatic heterocycles. The van der Waals surface area contributed by atoms with Crippen LogP contribution in [-0.2, 0) is 6.54 Å². The maximum Gasteiger partial charge on any atom is 0.169 e. The number of rotatable bonds is 6. The largest absolute Gasteiger partial charge is 0.362 e. The first-order valence-corrected chi connectivity index (χ1v) is 10.7. The SMILES string of the molecule is Cc1ccccc1C[NH+]1CCN(C(=S)NCCSc2ccccc2)CC1. The van der Waals surface area contributed by atoms with Crippen molar-refractivity contribution in [3.05, 3.63) is 65.7 Å². The summed E-state index contributed by atoms with van der Waals surface area (Å²) in [7, 11) is 0. The highest BCUT2D eigenvalue weighted by molar-refractivity contribution is 7.99. The fourth-order valence-electron chi connectivity index (χ4n) is 3.24. The smallest absolute Gasteiger partial charge is 0.169 e. The maximum atomic E-state index is 5.59. The summed E-state index contributed by atoms with van der Waals surface area (Å²) >= 11 is 7.46. The van der Waals surface area contributed by atoms with E-state index in [4.69, 9.17) is 12.2 Å². The van der Waals surface area contributed by atoms with E-state index in [9.17, 15) is 0 Å². The van der Waals surface area contributed by atoms with E-state index in [0.29, 0.717) is 0 Å². The highest BCUT2D eigenvalue weighted by atomic mass is 32.2. The number of thioether (sulfide) groups is 1. The van der Waals surface area contributed by atoms with Crippen LogP contribution in [0.3, 0.4) is 0 Å². The van der Waals surface area contributed by atoms with Gasteiger partial charge in [0.15, 0.2) is 5.11 Å². The van der Waals surface area contributed by atoms with Gasteiger partial charge in [-0.1, -0.05) is 42.5 Å². The van der Waals surface area contributed by atoms with Crippen molar-refractivity contribution < 1.29 is 4.90 Å². The van der Waals surface area contributed by atoms with Crippen molar-refractivity contribution in [3.63, 3.8) is 0 Å². The van der Waals surface area contributed by atoms with Crippen LogP contribution >= 0.6 is 24.0 Å². The van der Waals surface area contributed by atoms with E-state index >= 15 is 0 Å². The van der Waals surface area contributed by atoms with Gasteiger partial charge in [-0.15, -0.1) is 11.8 Å². The van der Waals surface area contributed by atoms with Crippen molar-refractivity contribution in [1.29, 1.82) is 0 Å². The molecule has 2 N–H and O–H groups in total. The second kappa shape index (κ2) is 9.95. The number of quaternary nitrogens is 1. The van der Waals surface area contributed by atoms with Crippen molar-refractivity contribution in [2.24, 2.45) is 0 Å². The molecule has 3 rings (SSSR count). The minimum Gasteiger partial charge on any atom is -0.362 e. The lowest BCUT2D eigenvalue weighted by Crippen LogP contribution is -3.13. The van der Waals surface area contributed by atoms with Gasteiger partial charge in [-0.2, -0.15) is 0 Å². The van der Waals surface area contributed by atoms with Crippen molar-refractivity contribution in [2.45, 2.75) is 18.4 Å². The number of nitrogens with zero attached hydrogens (tertiary/aromatic N) is 1. The van der Waals surface area contributed by atoms with Gasteiger partial charge in [0.05, 0.1) is 26.2 Å². The highest BCUT2D eigenvalue weighted by Crippen LogP contribution is 2.15. The molecular weight excluding hydrogens is 358 g/mol. The average molecular weight is 387 g/mol. The van der Waals surface area contributed by atoms with Gasteiger partial charge in [0.2, 0.25) is 0 Å². The molecule has 1 fully saturated rings. The number of piperazine rings is 1. The molecule has 0 bridgehead atoms. The van der Waals surface area contributed by atoms with E-state index in [0.717, 1.165) is 50.1 Å². The Bertz CT molecular complexity index is 697.